The summed E-state index contributed by atoms with van der Waals surface area (Å²) in [7, 11) is 1.56. The summed E-state index contributed by atoms with van der Waals surface area (Å²) in [4.78, 5) is 41.3. The zero-order chi connectivity index (χ0) is 22.7. The van der Waals surface area contributed by atoms with Crippen LogP contribution in [-0.2, 0) is 4.74 Å². The molecule has 9 nitrogen and oxygen atoms in total. The monoisotopic (exact) mass is 450 g/mol. The van der Waals surface area contributed by atoms with E-state index >= 15 is 0 Å². The number of nitrogens with one attached hydrogen (secondary N) is 1. The SMILES string of the molecule is CCOC(=O)c1ccc2nc(NC(=O)c3nn(-c4ccc(OC)cc4)ccc3=O)sc2c1. The molecule has 10 heteroatoms. The third-order valence-electron chi connectivity index (χ3n) is 4.48. The van der Waals surface area contributed by atoms with Gasteiger partial charge in [-0.25, -0.2) is 14.5 Å². The summed E-state index contributed by atoms with van der Waals surface area (Å²) in [5, 5.41) is 7.07. The van der Waals surface area contributed by atoms with Crippen molar-refractivity contribution in [1.29, 1.82) is 0 Å². The van der Waals surface area contributed by atoms with E-state index in [0.717, 1.165) is 0 Å². The van der Waals surface area contributed by atoms with E-state index in [9.17, 15) is 14.4 Å². The second-order valence-electron chi connectivity index (χ2n) is 6.55. The second kappa shape index (κ2) is 8.98. The molecule has 1 amide bonds. The van der Waals surface area contributed by atoms with E-state index < -0.39 is 17.3 Å². The standard InChI is InChI=1S/C22H18N4O5S/c1-3-31-21(29)13-4-9-16-18(12-13)32-22(23-16)24-20(28)19-17(27)10-11-26(25-19)14-5-7-15(30-2)8-6-14/h4-12H,3H2,1-2H3,(H,23,24,28). The molecule has 4 rings (SSSR count). The van der Waals surface area contributed by atoms with Gasteiger partial charge < -0.3 is 9.47 Å². The van der Waals surface area contributed by atoms with E-state index in [1.54, 1.807) is 56.5 Å². The van der Waals surface area contributed by atoms with Crippen LogP contribution < -0.4 is 15.5 Å². The summed E-state index contributed by atoms with van der Waals surface area (Å²) in [5.41, 5.74) is 0.877. The summed E-state index contributed by atoms with van der Waals surface area (Å²) in [6, 6.07) is 13.2. The van der Waals surface area contributed by atoms with E-state index in [-0.39, 0.29) is 17.4 Å². The lowest BCUT2D eigenvalue weighted by molar-refractivity contribution is 0.0526. The Morgan fingerprint density at radius 1 is 1.12 bits per heavy atom. The van der Waals surface area contributed by atoms with Gasteiger partial charge in [0.25, 0.3) is 5.91 Å². The predicted molar refractivity (Wildman–Crippen MR) is 120 cm³/mol. The molecule has 2 aromatic heterocycles. The van der Waals surface area contributed by atoms with Gasteiger partial charge in [-0.15, -0.1) is 0 Å². The number of esters is 1. The lowest BCUT2D eigenvalue weighted by Gasteiger charge is -2.08. The van der Waals surface area contributed by atoms with Crippen LogP contribution in [0.25, 0.3) is 15.9 Å². The third kappa shape index (κ3) is 4.35. The molecule has 0 aliphatic carbocycles. The van der Waals surface area contributed by atoms with Crippen LogP contribution in [0.5, 0.6) is 5.75 Å². The molecule has 4 aromatic rings. The first kappa shape index (κ1) is 21.2. The Kier molecular flexibility index (Phi) is 5.95. The fraction of sp³-hybridized carbons (Fsp3) is 0.136. The average molecular weight is 450 g/mol. The fourth-order valence-corrected chi connectivity index (χ4v) is 3.82. The van der Waals surface area contributed by atoms with E-state index in [4.69, 9.17) is 9.47 Å². The number of fused-ring (bicyclic) bond motifs is 1. The highest BCUT2D eigenvalue weighted by molar-refractivity contribution is 7.22. The summed E-state index contributed by atoms with van der Waals surface area (Å²) < 4.78 is 12.3. The summed E-state index contributed by atoms with van der Waals surface area (Å²) >= 11 is 1.18. The molecule has 0 aliphatic rings. The van der Waals surface area contributed by atoms with Gasteiger partial charge in [-0.05, 0) is 49.4 Å². The Hall–Kier alpha value is -4.05. The highest BCUT2D eigenvalue weighted by Crippen LogP contribution is 2.27. The van der Waals surface area contributed by atoms with Crippen LogP contribution in [-0.4, -0.2) is 40.4 Å². The quantitative estimate of drug-likeness (QED) is 0.449. The highest BCUT2D eigenvalue weighted by Gasteiger charge is 2.17. The van der Waals surface area contributed by atoms with Gasteiger partial charge in [0.15, 0.2) is 10.8 Å². The Bertz CT molecular complexity index is 1360. The maximum Gasteiger partial charge on any atom is 0.338 e. The molecule has 0 radical (unpaired) electrons. The van der Waals surface area contributed by atoms with Crippen molar-refractivity contribution in [2.24, 2.45) is 0 Å². The van der Waals surface area contributed by atoms with Crippen molar-refractivity contribution in [1.82, 2.24) is 14.8 Å². The zero-order valence-electron chi connectivity index (χ0n) is 17.2. The number of benzene rings is 2. The lowest BCUT2D eigenvalue weighted by Crippen LogP contribution is -2.25. The van der Waals surface area contributed by atoms with Crippen LogP contribution in [0.4, 0.5) is 5.13 Å². The predicted octanol–water partition coefficient (Wildman–Crippen LogP) is 3.28. The smallest absolute Gasteiger partial charge is 0.338 e. The van der Waals surface area contributed by atoms with Crippen molar-refractivity contribution < 1.29 is 19.1 Å². The van der Waals surface area contributed by atoms with Crippen molar-refractivity contribution in [3.8, 4) is 11.4 Å². The minimum absolute atomic E-state index is 0.269. The molecular formula is C22H18N4O5S. The van der Waals surface area contributed by atoms with Crippen molar-refractivity contribution >= 4 is 38.6 Å². The third-order valence-corrected chi connectivity index (χ3v) is 5.41. The molecule has 0 atom stereocenters. The molecular weight excluding hydrogens is 432 g/mol. The molecule has 0 spiro atoms. The summed E-state index contributed by atoms with van der Waals surface area (Å²) in [6.45, 7) is 2.01. The number of amides is 1. The van der Waals surface area contributed by atoms with Gasteiger partial charge in [0.1, 0.15) is 5.75 Å². The topological polar surface area (TPSA) is 112 Å². The van der Waals surface area contributed by atoms with Crippen molar-refractivity contribution in [3.05, 3.63) is 76.2 Å². The van der Waals surface area contributed by atoms with E-state index in [0.29, 0.717) is 27.2 Å². The van der Waals surface area contributed by atoms with Gasteiger partial charge in [0.05, 0.1) is 35.2 Å². The molecule has 0 saturated carbocycles. The van der Waals surface area contributed by atoms with Gasteiger partial charge in [-0.3, -0.25) is 14.9 Å². The molecule has 2 aromatic carbocycles. The van der Waals surface area contributed by atoms with Crippen molar-refractivity contribution in [2.75, 3.05) is 19.0 Å². The minimum atomic E-state index is -0.678. The molecule has 162 valence electrons. The normalized spacial score (nSPS) is 10.7. The number of ether oxygens (including phenoxy) is 2. The maximum absolute atomic E-state index is 12.7. The fourth-order valence-electron chi connectivity index (χ4n) is 2.92. The minimum Gasteiger partial charge on any atom is -0.497 e. The number of carbonyl (C=O) groups excluding carboxylic acids is 2. The second-order valence-corrected chi connectivity index (χ2v) is 7.58. The largest absolute Gasteiger partial charge is 0.497 e. The van der Waals surface area contributed by atoms with Crippen LogP contribution in [0.3, 0.4) is 0 Å². The van der Waals surface area contributed by atoms with E-state index in [1.807, 2.05) is 0 Å². The Morgan fingerprint density at radius 3 is 2.62 bits per heavy atom. The first-order valence-corrected chi connectivity index (χ1v) is 10.4. The molecule has 32 heavy (non-hydrogen) atoms. The van der Waals surface area contributed by atoms with Crippen molar-refractivity contribution in [2.45, 2.75) is 6.92 Å². The maximum atomic E-state index is 12.7. The number of thiazole rings is 1. The number of methoxy groups -OCH3 is 1. The highest BCUT2D eigenvalue weighted by atomic mass is 32.1. The van der Waals surface area contributed by atoms with Gasteiger partial charge in [-0.2, -0.15) is 5.10 Å². The average Bonchev–Trinajstić information content (AvgIpc) is 3.21. The first-order chi connectivity index (χ1) is 15.5. The number of aromatic nitrogens is 3. The van der Waals surface area contributed by atoms with Crippen LogP contribution in [0.2, 0.25) is 0 Å². The number of carbonyl (C=O) groups is 2. The van der Waals surface area contributed by atoms with Crippen LogP contribution >= 0.6 is 11.3 Å². The van der Waals surface area contributed by atoms with Gasteiger partial charge in [0, 0.05) is 12.3 Å². The van der Waals surface area contributed by atoms with Crippen LogP contribution in [0.1, 0.15) is 27.8 Å². The summed E-state index contributed by atoms with van der Waals surface area (Å²) in [5.74, 6) is -0.432. The summed E-state index contributed by atoms with van der Waals surface area (Å²) in [6.07, 6.45) is 1.48. The van der Waals surface area contributed by atoms with Crippen molar-refractivity contribution in [3.63, 3.8) is 0 Å². The Labute approximate surface area is 186 Å². The number of hydrogen-bond acceptors (Lipinski definition) is 8. The molecule has 2 heterocycles. The Balaban J connectivity index is 1.58. The molecule has 1 N–H and O–H groups in total. The molecule has 0 fully saturated rings. The molecule has 0 aliphatic heterocycles. The number of anilines is 1. The molecule has 0 saturated heterocycles. The van der Waals surface area contributed by atoms with Gasteiger partial charge in [-0.1, -0.05) is 11.3 Å². The number of nitrogens with zero attached hydrogens (tertiary/aromatic N) is 3. The van der Waals surface area contributed by atoms with Gasteiger partial charge >= 0.3 is 5.97 Å². The lowest BCUT2D eigenvalue weighted by atomic mass is 10.2. The first-order valence-electron chi connectivity index (χ1n) is 9.62. The zero-order valence-corrected chi connectivity index (χ0v) is 18.0. The van der Waals surface area contributed by atoms with Crippen LogP contribution in [0.15, 0.2) is 59.5 Å². The van der Waals surface area contributed by atoms with Crippen LogP contribution in [0, 0.1) is 0 Å². The Morgan fingerprint density at radius 2 is 1.91 bits per heavy atom. The van der Waals surface area contributed by atoms with E-state index in [1.165, 1.54) is 28.3 Å². The van der Waals surface area contributed by atoms with E-state index in [2.05, 4.69) is 15.4 Å². The van der Waals surface area contributed by atoms with Gasteiger partial charge in [0.2, 0.25) is 5.43 Å². The number of rotatable bonds is 6. The molecule has 0 bridgehead atoms. The number of hydrogen-bond donors (Lipinski definition) is 1. The molecule has 0 unspecified atom stereocenters.